The summed E-state index contributed by atoms with van der Waals surface area (Å²) < 4.78 is 0. The van der Waals surface area contributed by atoms with Gasteiger partial charge in [0.05, 0.1) is 12.2 Å². The average Bonchev–Trinajstić information content (AvgIpc) is 2.69. The Morgan fingerprint density at radius 1 is 1.33 bits per heavy atom. The fourth-order valence-electron chi connectivity index (χ4n) is 2.99. The van der Waals surface area contributed by atoms with E-state index >= 15 is 0 Å². The molecule has 0 aromatic heterocycles. The topological polar surface area (TPSA) is 35.6 Å². The van der Waals surface area contributed by atoms with Gasteiger partial charge < -0.3 is 9.80 Å². The minimum atomic E-state index is -0.315. The zero-order valence-corrected chi connectivity index (χ0v) is 12.0. The van der Waals surface area contributed by atoms with Gasteiger partial charge in [-0.2, -0.15) is 0 Å². The van der Waals surface area contributed by atoms with Crippen LogP contribution in [0, 0.1) is 5.92 Å². The number of hydrogen-bond donors (Lipinski definition) is 1. The van der Waals surface area contributed by atoms with Crippen LogP contribution in [0.4, 0.5) is 0 Å². The zero-order chi connectivity index (χ0) is 13.2. The molecule has 104 valence electrons. The molecule has 2 aliphatic rings. The molecule has 4 nitrogen and oxygen atoms in total. The highest BCUT2D eigenvalue weighted by Gasteiger charge is 2.41. The molecule has 2 fully saturated rings. The van der Waals surface area contributed by atoms with Gasteiger partial charge in [-0.15, -0.1) is 0 Å². The summed E-state index contributed by atoms with van der Waals surface area (Å²) >= 11 is 0. The molecule has 18 heavy (non-hydrogen) atoms. The van der Waals surface area contributed by atoms with Gasteiger partial charge in [0.25, 0.3) is 0 Å². The third-order valence-electron chi connectivity index (χ3n) is 4.76. The van der Waals surface area contributed by atoms with Crippen LogP contribution < -0.4 is 5.32 Å². The van der Waals surface area contributed by atoms with Crippen LogP contribution >= 0.6 is 0 Å². The van der Waals surface area contributed by atoms with Crippen molar-refractivity contribution in [1.82, 2.24) is 15.1 Å². The smallest absolute Gasteiger partial charge is 0.243 e. The van der Waals surface area contributed by atoms with Crippen molar-refractivity contribution in [2.45, 2.75) is 45.6 Å². The van der Waals surface area contributed by atoms with Crippen molar-refractivity contribution >= 4 is 5.91 Å². The summed E-state index contributed by atoms with van der Waals surface area (Å²) in [7, 11) is 0. The van der Waals surface area contributed by atoms with Crippen molar-refractivity contribution in [3.8, 4) is 0 Å². The van der Waals surface area contributed by atoms with E-state index in [1.165, 1.54) is 25.9 Å². The first-order chi connectivity index (χ1) is 8.59. The SMILES string of the molecule is CCN1CCC(CN2CNC(C)(CC)C2=O)CC1. The molecular weight excluding hydrogens is 226 g/mol. The van der Waals surface area contributed by atoms with Crippen molar-refractivity contribution in [3.63, 3.8) is 0 Å². The molecule has 2 aliphatic heterocycles. The summed E-state index contributed by atoms with van der Waals surface area (Å²) in [6.45, 7) is 11.5. The number of piperidine rings is 1. The minimum absolute atomic E-state index is 0.294. The standard InChI is InChI=1S/C14H27N3O/c1-4-14(3)13(18)17(11-15-14)10-12-6-8-16(5-2)9-7-12/h12,15H,4-11H2,1-3H3. The van der Waals surface area contributed by atoms with Crippen molar-refractivity contribution in [3.05, 3.63) is 0 Å². The molecule has 0 aliphatic carbocycles. The number of nitrogens with zero attached hydrogens (tertiary/aromatic N) is 2. The van der Waals surface area contributed by atoms with Crippen LogP contribution in [0.25, 0.3) is 0 Å². The fourth-order valence-corrected chi connectivity index (χ4v) is 2.99. The van der Waals surface area contributed by atoms with E-state index in [0.717, 1.165) is 26.2 Å². The van der Waals surface area contributed by atoms with Crippen molar-refractivity contribution in [2.75, 3.05) is 32.8 Å². The van der Waals surface area contributed by atoms with Crippen LogP contribution in [0.1, 0.15) is 40.0 Å². The van der Waals surface area contributed by atoms with Crippen molar-refractivity contribution < 1.29 is 4.79 Å². The molecule has 1 unspecified atom stereocenters. The van der Waals surface area contributed by atoms with Gasteiger partial charge in [-0.05, 0) is 51.7 Å². The molecule has 0 aromatic carbocycles. The first-order valence-electron chi connectivity index (χ1n) is 7.35. The molecule has 1 amide bonds. The number of rotatable bonds is 4. The maximum Gasteiger partial charge on any atom is 0.243 e. The Balaban J connectivity index is 1.83. The van der Waals surface area contributed by atoms with Crippen LogP contribution in [0.2, 0.25) is 0 Å². The zero-order valence-electron chi connectivity index (χ0n) is 12.0. The van der Waals surface area contributed by atoms with Gasteiger partial charge in [-0.3, -0.25) is 10.1 Å². The Bertz CT molecular complexity index is 299. The molecule has 0 bridgehead atoms. The van der Waals surface area contributed by atoms with E-state index in [4.69, 9.17) is 0 Å². The Hall–Kier alpha value is -0.610. The van der Waals surface area contributed by atoms with E-state index in [2.05, 4.69) is 24.1 Å². The lowest BCUT2D eigenvalue weighted by Gasteiger charge is -2.33. The first-order valence-corrected chi connectivity index (χ1v) is 7.35. The van der Waals surface area contributed by atoms with E-state index in [9.17, 15) is 4.79 Å². The number of nitrogens with one attached hydrogen (secondary N) is 1. The number of likely N-dealkylation sites (tertiary alicyclic amines) is 1. The molecule has 1 atom stereocenters. The van der Waals surface area contributed by atoms with E-state index < -0.39 is 0 Å². The summed E-state index contributed by atoms with van der Waals surface area (Å²) in [6.07, 6.45) is 3.34. The molecule has 0 radical (unpaired) electrons. The molecule has 0 saturated carbocycles. The monoisotopic (exact) mass is 253 g/mol. The average molecular weight is 253 g/mol. The normalized spacial score (nSPS) is 31.3. The maximum absolute atomic E-state index is 12.3. The highest BCUT2D eigenvalue weighted by atomic mass is 16.2. The summed E-state index contributed by atoms with van der Waals surface area (Å²) in [6, 6.07) is 0. The summed E-state index contributed by atoms with van der Waals surface area (Å²) in [5, 5.41) is 3.36. The fraction of sp³-hybridized carbons (Fsp3) is 0.929. The molecular formula is C14H27N3O. The third-order valence-corrected chi connectivity index (χ3v) is 4.76. The Labute approximate surface area is 111 Å². The predicted molar refractivity (Wildman–Crippen MR) is 73.2 cm³/mol. The Morgan fingerprint density at radius 2 is 2.00 bits per heavy atom. The van der Waals surface area contributed by atoms with Gasteiger partial charge in [0.15, 0.2) is 0 Å². The highest BCUT2D eigenvalue weighted by molar-refractivity contribution is 5.87. The van der Waals surface area contributed by atoms with E-state index in [1.807, 2.05) is 11.8 Å². The van der Waals surface area contributed by atoms with Crippen molar-refractivity contribution in [2.24, 2.45) is 5.92 Å². The van der Waals surface area contributed by atoms with Crippen molar-refractivity contribution in [1.29, 1.82) is 0 Å². The number of carbonyl (C=O) groups is 1. The van der Waals surface area contributed by atoms with Gasteiger partial charge in [0, 0.05) is 6.54 Å². The van der Waals surface area contributed by atoms with E-state index in [-0.39, 0.29) is 5.54 Å². The predicted octanol–water partition coefficient (Wildman–Crippen LogP) is 1.28. The lowest BCUT2D eigenvalue weighted by Crippen LogP contribution is -2.44. The molecule has 0 spiro atoms. The first kappa shape index (κ1) is 13.8. The van der Waals surface area contributed by atoms with Crippen LogP contribution in [-0.2, 0) is 4.79 Å². The second-order valence-electron chi connectivity index (χ2n) is 5.93. The second kappa shape index (κ2) is 5.57. The molecule has 2 heterocycles. The largest absolute Gasteiger partial charge is 0.328 e. The van der Waals surface area contributed by atoms with Crippen LogP contribution in [0.15, 0.2) is 0 Å². The van der Waals surface area contributed by atoms with Crippen LogP contribution in [0.3, 0.4) is 0 Å². The molecule has 1 N–H and O–H groups in total. The number of carbonyl (C=O) groups excluding carboxylic acids is 1. The van der Waals surface area contributed by atoms with Gasteiger partial charge >= 0.3 is 0 Å². The van der Waals surface area contributed by atoms with Gasteiger partial charge in [0.1, 0.15) is 0 Å². The molecule has 2 saturated heterocycles. The molecule has 0 aromatic rings. The highest BCUT2D eigenvalue weighted by Crippen LogP contribution is 2.23. The van der Waals surface area contributed by atoms with Gasteiger partial charge in [-0.25, -0.2) is 0 Å². The quantitative estimate of drug-likeness (QED) is 0.820. The number of amides is 1. The van der Waals surface area contributed by atoms with Gasteiger partial charge in [-0.1, -0.05) is 13.8 Å². The third kappa shape index (κ3) is 2.69. The van der Waals surface area contributed by atoms with Crippen LogP contribution in [0.5, 0.6) is 0 Å². The summed E-state index contributed by atoms with van der Waals surface area (Å²) in [4.78, 5) is 16.8. The summed E-state index contributed by atoms with van der Waals surface area (Å²) in [5.74, 6) is 0.987. The summed E-state index contributed by atoms with van der Waals surface area (Å²) in [5.41, 5.74) is -0.315. The molecule has 4 heteroatoms. The van der Waals surface area contributed by atoms with E-state index in [0.29, 0.717) is 11.8 Å². The molecule has 2 rings (SSSR count). The maximum atomic E-state index is 12.3. The van der Waals surface area contributed by atoms with Crippen LogP contribution in [-0.4, -0.2) is 54.1 Å². The Morgan fingerprint density at radius 3 is 2.50 bits per heavy atom. The minimum Gasteiger partial charge on any atom is -0.328 e. The van der Waals surface area contributed by atoms with E-state index in [1.54, 1.807) is 0 Å². The Kier molecular flexibility index (Phi) is 4.28. The second-order valence-corrected chi connectivity index (χ2v) is 5.93. The lowest BCUT2D eigenvalue weighted by molar-refractivity contribution is -0.132. The van der Waals surface area contributed by atoms with Gasteiger partial charge in [0.2, 0.25) is 5.91 Å². The number of hydrogen-bond acceptors (Lipinski definition) is 3. The lowest BCUT2D eigenvalue weighted by atomic mass is 9.95.